The molecule has 0 aliphatic carbocycles. The van der Waals surface area contributed by atoms with Crippen molar-refractivity contribution >= 4 is 29.1 Å². The molecule has 3 heterocycles. The van der Waals surface area contributed by atoms with Crippen molar-refractivity contribution in [2.24, 2.45) is 5.73 Å². The third-order valence-electron chi connectivity index (χ3n) is 6.09. The van der Waals surface area contributed by atoms with Gasteiger partial charge < -0.3 is 20.3 Å². The van der Waals surface area contributed by atoms with Gasteiger partial charge in [0.1, 0.15) is 11.4 Å². The monoisotopic (exact) mass is 457 g/mol. The molecule has 0 fully saturated rings. The Morgan fingerprint density at radius 2 is 1.59 bits per heavy atom. The number of anilines is 2. The van der Waals surface area contributed by atoms with Crippen LogP contribution in [0.2, 0.25) is 0 Å². The second-order valence-corrected chi connectivity index (χ2v) is 8.05. The van der Waals surface area contributed by atoms with Gasteiger partial charge in [-0.05, 0) is 67.4 Å². The minimum absolute atomic E-state index is 0.0555. The molecule has 2 aliphatic rings. The van der Waals surface area contributed by atoms with Crippen molar-refractivity contribution in [1.29, 1.82) is 0 Å². The molecule has 0 unspecified atom stereocenters. The molecule has 9 heteroatoms. The predicted octanol–water partition coefficient (Wildman–Crippen LogP) is 2.48. The molecule has 3 amide bonds. The average molecular weight is 457 g/mol. The molecule has 2 N–H and O–H groups in total. The number of nitrogens with two attached hydrogens (primary N) is 1. The van der Waals surface area contributed by atoms with Crippen LogP contribution in [0.25, 0.3) is 5.69 Å². The molecular formula is C25H23N5O4. The number of methoxy groups -OCH3 is 1. The fraction of sp³-hybridized carbons (Fsp3) is 0.200. The number of primary amides is 1. The van der Waals surface area contributed by atoms with E-state index in [0.717, 1.165) is 12.1 Å². The average Bonchev–Trinajstić information content (AvgIpc) is 3.26. The number of aromatic nitrogens is 2. The first kappa shape index (κ1) is 21.4. The molecule has 0 saturated carbocycles. The highest BCUT2D eigenvalue weighted by molar-refractivity contribution is 6.09. The van der Waals surface area contributed by atoms with Gasteiger partial charge in [-0.3, -0.25) is 14.4 Å². The first-order chi connectivity index (χ1) is 16.5. The molecule has 0 radical (unpaired) electrons. The van der Waals surface area contributed by atoms with Crippen LogP contribution < -0.4 is 20.3 Å². The summed E-state index contributed by atoms with van der Waals surface area (Å²) in [5.41, 5.74) is 8.62. The maximum absolute atomic E-state index is 13.6. The summed E-state index contributed by atoms with van der Waals surface area (Å²) >= 11 is 0. The highest BCUT2D eigenvalue weighted by atomic mass is 16.5. The van der Waals surface area contributed by atoms with Crippen LogP contribution in [0.15, 0.2) is 60.7 Å². The number of hydrogen-bond acceptors (Lipinski definition) is 5. The first-order valence-corrected chi connectivity index (χ1v) is 10.9. The fourth-order valence-corrected chi connectivity index (χ4v) is 4.37. The van der Waals surface area contributed by atoms with Gasteiger partial charge in [-0.25, -0.2) is 4.68 Å². The summed E-state index contributed by atoms with van der Waals surface area (Å²) in [6.45, 7) is 1.00. The number of carbonyl (C=O) groups is 3. The van der Waals surface area contributed by atoms with Crippen LogP contribution in [-0.2, 0) is 11.2 Å². The van der Waals surface area contributed by atoms with Gasteiger partial charge in [-0.1, -0.05) is 6.08 Å². The number of hydrogen-bond donors (Lipinski definition) is 1. The standard InChI is InChI=1S/C25H23N5O4/c1-34-19-11-9-18(10-12-19)30-23-20(22(27-30)24(26)32)13-15-29(25(23)33)17-7-5-16(6-8-17)28-14-3-2-4-21(28)31/h2,4-12H,3,13-15H2,1H3,(H2,26,32). The maximum Gasteiger partial charge on any atom is 0.277 e. The van der Waals surface area contributed by atoms with Crippen molar-refractivity contribution in [1.82, 2.24) is 9.78 Å². The summed E-state index contributed by atoms with van der Waals surface area (Å²) in [6.07, 6.45) is 4.68. The minimum atomic E-state index is -0.672. The molecule has 34 heavy (non-hydrogen) atoms. The first-order valence-electron chi connectivity index (χ1n) is 10.9. The molecule has 5 rings (SSSR count). The number of fused-ring (bicyclic) bond motifs is 1. The molecule has 0 atom stereocenters. The Hall–Kier alpha value is -4.40. The zero-order chi connectivity index (χ0) is 23.8. The number of carbonyl (C=O) groups excluding carboxylic acids is 3. The molecule has 1 aromatic heterocycles. The Morgan fingerprint density at radius 1 is 0.941 bits per heavy atom. The van der Waals surface area contributed by atoms with E-state index < -0.39 is 5.91 Å². The summed E-state index contributed by atoms with van der Waals surface area (Å²) in [5.74, 6) is -0.341. The molecule has 0 saturated heterocycles. The zero-order valence-corrected chi connectivity index (χ0v) is 18.6. The van der Waals surface area contributed by atoms with E-state index in [1.165, 1.54) is 4.68 Å². The van der Waals surface area contributed by atoms with Gasteiger partial charge in [0.2, 0.25) is 0 Å². The van der Waals surface area contributed by atoms with Crippen molar-refractivity contribution in [3.05, 3.63) is 77.6 Å². The number of benzene rings is 2. The smallest absolute Gasteiger partial charge is 0.277 e. The topological polar surface area (TPSA) is 111 Å². The summed E-state index contributed by atoms with van der Waals surface area (Å²) in [7, 11) is 1.57. The lowest BCUT2D eigenvalue weighted by molar-refractivity contribution is -0.114. The minimum Gasteiger partial charge on any atom is -0.497 e. The quantitative estimate of drug-likeness (QED) is 0.633. The molecule has 2 aromatic carbocycles. The van der Waals surface area contributed by atoms with Crippen LogP contribution in [0.3, 0.4) is 0 Å². The second kappa shape index (κ2) is 8.51. The third kappa shape index (κ3) is 3.61. The van der Waals surface area contributed by atoms with Gasteiger partial charge in [0, 0.05) is 30.0 Å². The Labute approximate surface area is 196 Å². The van der Waals surface area contributed by atoms with Gasteiger partial charge in [0.15, 0.2) is 5.69 Å². The highest BCUT2D eigenvalue weighted by Crippen LogP contribution is 2.30. The van der Waals surface area contributed by atoms with E-state index in [2.05, 4.69) is 5.10 Å². The molecule has 2 aliphatic heterocycles. The van der Waals surface area contributed by atoms with E-state index in [9.17, 15) is 14.4 Å². The Morgan fingerprint density at radius 3 is 2.21 bits per heavy atom. The van der Waals surface area contributed by atoms with Crippen LogP contribution >= 0.6 is 0 Å². The third-order valence-corrected chi connectivity index (χ3v) is 6.09. The molecule has 0 spiro atoms. The van der Waals surface area contributed by atoms with E-state index in [4.69, 9.17) is 10.5 Å². The fourth-order valence-electron chi connectivity index (χ4n) is 4.37. The lowest BCUT2D eigenvalue weighted by atomic mass is 10.0. The van der Waals surface area contributed by atoms with Crippen molar-refractivity contribution < 1.29 is 19.1 Å². The molecule has 9 nitrogen and oxygen atoms in total. The number of amides is 3. The molecule has 172 valence electrons. The van der Waals surface area contributed by atoms with Gasteiger partial charge >= 0.3 is 0 Å². The van der Waals surface area contributed by atoms with Gasteiger partial charge in [0.25, 0.3) is 17.7 Å². The van der Waals surface area contributed by atoms with E-state index in [0.29, 0.717) is 47.9 Å². The van der Waals surface area contributed by atoms with Crippen molar-refractivity contribution in [3.63, 3.8) is 0 Å². The summed E-state index contributed by atoms with van der Waals surface area (Å²) in [6, 6.07) is 14.4. The lowest BCUT2D eigenvalue weighted by Crippen LogP contribution is -2.39. The number of rotatable bonds is 5. The van der Waals surface area contributed by atoms with Crippen LogP contribution in [0, 0.1) is 0 Å². The van der Waals surface area contributed by atoms with Crippen LogP contribution in [0.1, 0.15) is 33.0 Å². The van der Waals surface area contributed by atoms with E-state index in [1.807, 2.05) is 30.3 Å². The lowest BCUT2D eigenvalue weighted by Gasteiger charge is -2.29. The van der Waals surface area contributed by atoms with Gasteiger partial charge in [0.05, 0.1) is 12.8 Å². The van der Waals surface area contributed by atoms with Gasteiger partial charge in [-0.2, -0.15) is 5.10 Å². The van der Waals surface area contributed by atoms with Crippen LogP contribution in [-0.4, -0.2) is 47.7 Å². The SMILES string of the molecule is COc1ccc(-n2nc(C(N)=O)c3c2C(=O)N(c2ccc(N4CCC=CC4=O)cc2)CC3)cc1. The van der Waals surface area contributed by atoms with Crippen molar-refractivity contribution in [3.8, 4) is 11.4 Å². The number of ether oxygens (including phenoxy) is 1. The molecule has 3 aromatic rings. The van der Waals surface area contributed by atoms with Crippen molar-refractivity contribution in [2.75, 3.05) is 30.0 Å². The maximum atomic E-state index is 13.6. The van der Waals surface area contributed by atoms with Crippen LogP contribution in [0.4, 0.5) is 11.4 Å². The summed E-state index contributed by atoms with van der Waals surface area (Å²) < 4.78 is 6.68. The summed E-state index contributed by atoms with van der Waals surface area (Å²) in [4.78, 5) is 41.2. The Kier molecular flexibility index (Phi) is 5.37. The van der Waals surface area contributed by atoms with Crippen molar-refractivity contribution in [2.45, 2.75) is 12.8 Å². The molecule has 0 bridgehead atoms. The van der Waals surface area contributed by atoms with E-state index in [-0.39, 0.29) is 17.5 Å². The second-order valence-electron chi connectivity index (χ2n) is 8.05. The number of nitrogens with zero attached hydrogens (tertiary/aromatic N) is 4. The predicted molar refractivity (Wildman–Crippen MR) is 127 cm³/mol. The van der Waals surface area contributed by atoms with Gasteiger partial charge in [-0.15, -0.1) is 0 Å². The zero-order valence-electron chi connectivity index (χ0n) is 18.6. The van der Waals surface area contributed by atoms with Crippen LogP contribution in [0.5, 0.6) is 5.75 Å². The van der Waals surface area contributed by atoms with E-state index in [1.54, 1.807) is 47.3 Å². The normalized spacial score (nSPS) is 15.4. The largest absolute Gasteiger partial charge is 0.497 e. The Balaban J connectivity index is 1.50. The van der Waals surface area contributed by atoms with E-state index >= 15 is 0 Å². The highest BCUT2D eigenvalue weighted by Gasteiger charge is 2.34. The summed E-state index contributed by atoms with van der Waals surface area (Å²) in [5, 5.41) is 4.38. The molecular weight excluding hydrogens is 434 g/mol. The Bertz CT molecular complexity index is 1310.